The highest BCUT2D eigenvalue weighted by Gasteiger charge is 2.19. The van der Waals surface area contributed by atoms with E-state index in [4.69, 9.17) is 0 Å². The summed E-state index contributed by atoms with van der Waals surface area (Å²) in [7, 11) is 0. The van der Waals surface area contributed by atoms with E-state index in [1.807, 2.05) is 51.1 Å². The zero-order chi connectivity index (χ0) is 18.0. The average Bonchev–Trinajstić information content (AvgIpc) is 3.07. The van der Waals surface area contributed by atoms with E-state index in [2.05, 4.69) is 20.7 Å². The smallest absolute Gasteiger partial charge is 0.291 e. The Morgan fingerprint density at radius 1 is 1.24 bits per heavy atom. The number of amides is 1. The minimum absolute atomic E-state index is 0.103. The van der Waals surface area contributed by atoms with E-state index < -0.39 is 5.91 Å². The van der Waals surface area contributed by atoms with Crippen LogP contribution in [0.4, 0.5) is 0 Å². The van der Waals surface area contributed by atoms with Gasteiger partial charge in [-0.05, 0) is 22.9 Å². The summed E-state index contributed by atoms with van der Waals surface area (Å²) in [6, 6.07) is 12.8. The quantitative estimate of drug-likeness (QED) is 0.506. The molecule has 128 valence electrons. The SMILES string of the molecule is CC(C)(C)c1cc(C(=O)N/N=C\c2c(O)ccc3ccccc23)n[nH]1. The van der Waals surface area contributed by atoms with Crippen molar-refractivity contribution in [2.75, 3.05) is 0 Å². The van der Waals surface area contributed by atoms with Gasteiger partial charge in [-0.1, -0.05) is 51.1 Å². The van der Waals surface area contributed by atoms with Crippen LogP contribution in [0.25, 0.3) is 10.8 Å². The van der Waals surface area contributed by atoms with E-state index in [-0.39, 0.29) is 16.9 Å². The number of carbonyl (C=O) groups excluding carboxylic acids is 1. The van der Waals surface area contributed by atoms with Gasteiger partial charge >= 0.3 is 0 Å². The first-order chi connectivity index (χ1) is 11.9. The number of phenols is 1. The number of carbonyl (C=O) groups is 1. The lowest BCUT2D eigenvalue weighted by atomic mass is 9.92. The number of aromatic hydroxyl groups is 1. The standard InChI is InChI=1S/C19H20N4O2/c1-19(2,3)17-10-15(21-22-17)18(25)23-20-11-14-13-7-5-4-6-12(13)8-9-16(14)24/h4-11,24H,1-3H3,(H,21,22)(H,23,25)/b20-11-. The molecule has 0 spiro atoms. The van der Waals surface area contributed by atoms with Crippen LogP contribution < -0.4 is 5.43 Å². The highest BCUT2D eigenvalue weighted by molar-refractivity contribution is 6.03. The number of hydrazone groups is 1. The van der Waals surface area contributed by atoms with Crippen LogP contribution in [-0.4, -0.2) is 27.4 Å². The van der Waals surface area contributed by atoms with Gasteiger partial charge in [0, 0.05) is 16.7 Å². The van der Waals surface area contributed by atoms with E-state index in [0.29, 0.717) is 5.56 Å². The molecule has 0 saturated carbocycles. The topological polar surface area (TPSA) is 90.4 Å². The maximum atomic E-state index is 12.2. The van der Waals surface area contributed by atoms with Crippen molar-refractivity contribution in [1.29, 1.82) is 0 Å². The molecule has 2 aromatic carbocycles. The Balaban J connectivity index is 1.79. The van der Waals surface area contributed by atoms with Crippen molar-refractivity contribution in [3.8, 4) is 5.75 Å². The van der Waals surface area contributed by atoms with Crippen molar-refractivity contribution in [2.45, 2.75) is 26.2 Å². The number of aromatic nitrogens is 2. The molecule has 0 radical (unpaired) electrons. The van der Waals surface area contributed by atoms with E-state index in [1.165, 1.54) is 6.21 Å². The minimum atomic E-state index is -0.414. The summed E-state index contributed by atoms with van der Waals surface area (Å²) >= 11 is 0. The molecule has 0 bridgehead atoms. The van der Waals surface area contributed by atoms with Gasteiger partial charge in [0.15, 0.2) is 5.69 Å². The van der Waals surface area contributed by atoms with E-state index >= 15 is 0 Å². The van der Waals surface area contributed by atoms with Crippen molar-refractivity contribution < 1.29 is 9.90 Å². The molecule has 3 rings (SSSR count). The highest BCUT2D eigenvalue weighted by atomic mass is 16.3. The van der Waals surface area contributed by atoms with Crippen LogP contribution in [0.3, 0.4) is 0 Å². The first kappa shape index (κ1) is 16.7. The van der Waals surface area contributed by atoms with Crippen molar-refractivity contribution in [2.24, 2.45) is 5.10 Å². The average molecular weight is 336 g/mol. The number of fused-ring (bicyclic) bond motifs is 1. The maximum Gasteiger partial charge on any atom is 0.291 e. The fourth-order valence-electron chi connectivity index (χ4n) is 2.45. The summed E-state index contributed by atoms with van der Waals surface area (Å²) in [4.78, 5) is 12.2. The molecule has 3 N–H and O–H groups in total. The third kappa shape index (κ3) is 3.52. The van der Waals surface area contributed by atoms with Crippen molar-refractivity contribution in [3.05, 3.63) is 59.4 Å². The van der Waals surface area contributed by atoms with Crippen LogP contribution in [0.15, 0.2) is 47.6 Å². The Morgan fingerprint density at radius 2 is 2.00 bits per heavy atom. The van der Waals surface area contributed by atoms with Crippen LogP contribution >= 0.6 is 0 Å². The molecule has 0 atom stereocenters. The van der Waals surface area contributed by atoms with Gasteiger partial charge in [-0.15, -0.1) is 0 Å². The number of rotatable bonds is 3. The third-order valence-electron chi connectivity index (χ3n) is 3.93. The molecule has 1 heterocycles. The fourth-order valence-corrected chi connectivity index (χ4v) is 2.45. The first-order valence-corrected chi connectivity index (χ1v) is 7.96. The molecule has 0 fully saturated rings. The lowest BCUT2D eigenvalue weighted by Crippen LogP contribution is -2.18. The number of benzene rings is 2. The summed E-state index contributed by atoms with van der Waals surface area (Å²) in [5.41, 5.74) is 4.01. The molecule has 0 aliphatic carbocycles. The molecular formula is C19H20N4O2. The zero-order valence-electron chi connectivity index (χ0n) is 14.4. The highest BCUT2D eigenvalue weighted by Crippen LogP contribution is 2.25. The summed E-state index contributed by atoms with van der Waals surface area (Å²) in [5, 5.41) is 22.7. The summed E-state index contributed by atoms with van der Waals surface area (Å²) < 4.78 is 0. The predicted molar refractivity (Wildman–Crippen MR) is 98.0 cm³/mol. The molecule has 0 aliphatic rings. The number of nitrogens with one attached hydrogen (secondary N) is 2. The van der Waals surface area contributed by atoms with Gasteiger partial charge in [-0.3, -0.25) is 9.89 Å². The Hall–Kier alpha value is -3.15. The molecule has 1 amide bonds. The zero-order valence-corrected chi connectivity index (χ0v) is 14.4. The van der Waals surface area contributed by atoms with Gasteiger partial charge in [0.1, 0.15) is 5.75 Å². The number of nitrogens with zero attached hydrogens (tertiary/aromatic N) is 2. The monoisotopic (exact) mass is 336 g/mol. The number of hydrogen-bond donors (Lipinski definition) is 3. The Morgan fingerprint density at radius 3 is 2.72 bits per heavy atom. The van der Waals surface area contributed by atoms with Crippen LogP contribution in [0, 0.1) is 0 Å². The van der Waals surface area contributed by atoms with E-state index in [1.54, 1.807) is 12.1 Å². The molecule has 3 aromatic rings. The Kier molecular flexibility index (Phi) is 4.27. The summed E-state index contributed by atoms with van der Waals surface area (Å²) in [6.45, 7) is 6.09. The number of phenolic OH excluding ortho intramolecular Hbond substituents is 1. The number of hydrogen-bond acceptors (Lipinski definition) is 4. The van der Waals surface area contributed by atoms with E-state index in [9.17, 15) is 9.90 Å². The van der Waals surface area contributed by atoms with Gasteiger partial charge < -0.3 is 5.11 Å². The lowest BCUT2D eigenvalue weighted by Gasteiger charge is -2.14. The summed E-state index contributed by atoms with van der Waals surface area (Å²) in [6.07, 6.45) is 1.44. The molecule has 1 aromatic heterocycles. The van der Waals surface area contributed by atoms with Gasteiger partial charge in [-0.25, -0.2) is 5.43 Å². The molecule has 6 heteroatoms. The van der Waals surface area contributed by atoms with Gasteiger partial charge in [0.05, 0.1) is 6.21 Å². The predicted octanol–water partition coefficient (Wildman–Crippen LogP) is 3.33. The van der Waals surface area contributed by atoms with Gasteiger partial charge in [-0.2, -0.15) is 10.2 Å². The molecular weight excluding hydrogens is 316 g/mol. The van der Waals surface area contributed by atoms with Crippen LogP contribution in [0.1, 0.15) is 42.5 Å². The number of H-pyrrole nitrogens is 1. The normalized spacial score (nSPS) is 12.0. The largest absolute Gasteiger partial charge is 0.507 e. The third-order valence-corrected chi connectivity index (χ3v) is 3.93. The molecule has 25 heavy (non-hydrogen) atoms. The van der Waals surface area contributed by atoms with Crippen LogP contribution in [0.2, 0.25) is 0 Å². The molecule has 0 unspecified atom stereocenters. The van der Waals surface area contributed by atoms with Crippen LogP contribution in [-0.2, 0) is 5.41 Å². The lowest BCUT2D eigenvalue weighted by molar-refractivity contribution is 0.0950. The van der Waals surface area contributed by atoms with Crippen LogP contribution in [0.5, 0.6) is 5.75 Å². The Bertz CT molecular complexity index is 951. The Labute approximate surface area is 145 Å². The summed E-state index contributed by atoms with van der Waals surface area (Å²) in [5.74, 6) is -0.311. The second-order valence-corrected chi connectivity index (χ2v) is 6.84. The van der Waals surface area contributed by atoms with E-state index in [0.717, 1.165) is 16.5 Å². The second kappa shape index (κ2) is 6.39. The van der Waals surface area contributed by atoms with Crippen molar-refractivity contribution in [1.82, 2.24) is 15.6 Å². The maximum absolute atomic E-state index is 12.2. The van der Waals surface area contributed by atoms with Gasteiger partial charge in [0.25, 0.3) is 5.91 Å². The first-order valence-electron chi connectivity index (χ1n) is 7.96. The minimum Gasteiger partial charge on any atom is -0.507 e. The fraction of sp³-hybridized carbons (Fsp3) is 0.211. The molecule has 0 saturated heterocycles. The van der Waals surface area contributed by atoms with Crippen molar-refractivity contribution >= 4 is 22.9 Å². The van der Waals surface area contributed by atoms with Gasteiger partial charge in [0.2, 0.25) is 0 Å². The van der Waals surface area contributed by atoms with Crippen molar-refractivity contribution in [3.63, 3.8) is 0 Å². The number of aromatic amines is 1. The molecule has 0 aliphatic heterocycles. The second-order valence-electron chi connectivity index (χ2n) is 6.84. The molecule has 6 nitrogen and oxygen atoms in total.